The van der Waals surface area contributed by atoms with Crippen molar-refractivity contribution in [3.05, 3.63) is 77.9 Å². The van der Waals surface area contributed by atoms with Crippen molar-refractivity contribution in [1.29, 1.82) is 0 Å². The highest BCUT2D eigenvalue weighted by Crippen LogP contribution is 2.42. The molecule has 0 saturated carbocycles. The molecule has 2 aromatic carbocycles. The number of cyclic esters (lactones) is 2. The smallest absolute Gasteiger partial charge is 0.327 e. The number of hydrogen-bond acceptors (Lipinski definition) is 4. The van der Waals surface area contributed by atoms with Crippen LogP contribution < -0.4 is 0 Å². The van der Waals surface area contributed by atoms with Crippen LogP contribution in [0.5, 0.6) is 0 Å². The highest BCUT2D eigenvalue weighted by molar-refractivity contribution is 6.02. The Morgan fingerprint density at radius 3 is 1.96 bits per heavy atom. The first-order valence-electron chi connectivity index (χ1n) is 9.07. The molecule has 1 saturated heterocycles. The van der Waals surface area contributed by atoms with Crippen LogP contribution >= 0.6 is 0 Å². The molecule has 0 N–H and O–H groups in total. The Bertz CT molecular complexity index is 817. The zero-order valence-electron chi connectivity index (χ0n) is 15.8. The molecule has 0 spiro atoms. The van der Waals surface area contributed by atoms with Gasteiger partial charge in [-0.3, -0.25) is 9.59 Å². The fourth-order valence-corrected chi connectivity index (χ4v) is 3.31. The van der Waals surface area contributed by atoms with Crippen molar-refractivity contribution in [3.63, 3.8) is 0 Å². The lowest BCUT2D eigenvalue weighted by atomic mass is 9.71. The monoisotopic (exact) mass is 364 g/mol. The SMILES string of the molecule is CC(/C=C/c1ccccc1)C1(Cc2ccccc2)C(=O)OC(C)(C)OC1=O. The molecule has 1 unspecified atom stereocenters. The second kappa shape index (κ2) is 7.39. The summed E-state index contributed by atoms with van der Waals surface area (Å²) in [6.07, 6.45) is 4.01. The van der Waals surface area contributed by atoms with E-state index in [0.717, 1.165) is 11.1 Å². The maximum absolute atomic E-state index is 13.0. The summed E-state index contributed by atoms with van der Waals surface area (Å²) in [5.74, 6) is -2.75. The minimum absolute atomic E-state index is 0.224. The van der Waals surface area contributed by atoms with E-state index >= 15 is 0 Å². The lowest BCUT2D eigenvalue weighted by molar-refractivity contribution is -0.253. The highest BCUT2D eigenvalue weighted by Gasteiger charge is 2.58. The first-order chi connectivity index (χ1) is 12.8. The first kappa shape index (κ1) is 18.9. The van der Waals surface area contributed by atoms with Crippen LogP contribution in [0.4, 0.5) is 0 Å². The minimum Gasteiger partial charge on any atom is -0.422 e. The van der Waals surface area contributed by atoms with Gasteiger partial charge in [0, 0.05) is 19.8 Å². The molecule has 0 radical (unpaired) electrons. The summed E-state index contributed by atoms with van der Waals surface area (Å²) in [4.78, 5) is 26.1. The van der Waals surface area contributed by atoms with E-state index in [1.54, 1.807) is 13.8 Å². The Labute approximate surface area is 159 Å². The van der Waals surface area contributed by atoms with Crippen molar-refractivity contribution in [1.82, 2.24) is 0 Å². The minimum atomic E-state index is -1.41. The summed E-state index contributed by atoms with van der Waals surface area (Å²) in [7, 11) is 0. The van der Waals surface area contributed by atoms with Crippen LogP contribution in [0.3, 0.4) is 0 Å². The maximum Gasteiger partial charge on any atom is 0.327 e. The van der Waals surface area contributed by atoms with Crippen molar-refractivity contribution < 1.29 is 19.1 Å². The van der Waals surface area contributed by atoms with Crippen LogP contribution in [0.25, 0.3) is 6.08 Å². The van der Waals surface area contributed by atoms with E-state index in [0.29, 0.717) is 0 Å². The van der Waals surface area contributed by atoms with E-state index in [4.69, 9.17) is 9.47 Å². The molecule has 4 heteroatoms. The van der Waals surface area contributed by atoms with Crippen molar-refractivity contribution in [2.75, 3.05) is 0 Å². The van der Waals surface area contributed by atoms with E-state index in [1.165, 1.54) is 0 Å². The summed E-state index contributed by atoms with van der Waals surface area (Å²) in [6, 6.07) is 19.2. The molecule has 27 heavy (non-hydrogen) atoms. The lowest BCUT2D eigenvalue weighted by Crippen LogP contribution is -2.57. The second-order valence-corrected chi connectivity index (χ2v) is 7.37. The number of benzene rings is 2. The average Bonchev–Trinajstić information content (AvgIpc) is 2.64. The topological polar surface area (TPSA) is 52.6 Å². The lowest BCUT2D eigenvalue weighted by Gasteiger charge is -2.42. The van der Waals surface area contributed by atoms with Gasteiger partial charge in [0.2, 0.25) is 0 Å². The summed E-state index contributed by atoms with van der Waals surface area (Å²) >= 11 is 0. The molecule has 1 fully saturated rings. The first-order valence-corrected chi connectivity index (χ1v) is 9.07. The zero-order valence-corrected chi connectivity index (χ0v) is 15.8. The van der Waals surface area contributed by atoms with Gasteiger partial charge in [-0.05, 0) is 17.5 Å². The molecule has 2 aromatic rings. The van der Waals surface area contributed by atoms with Crippen molar-refractivity contribution in [3.8, 4) is 0 Å². The predicted molar refractivity (Wildman–Crippen MR) is 103 cm³/mol. The highest BCUT2D eigenvalue weighted by atomic mass is 16.7. The standard InChI is InChI=1S/C23H24O4/c1-17(14-15-18-10-6-4-7-11-18)23(16-19-12-8-5-9-13-19)20(24)26-22(2,3)27-21(23)25/h4-15,17H,16H2,1-3H3/b15-14+. The Kier molecular flexibility index (Phi) is 5.17. The molecule has 0 aliphatic carbocycles. The molecule has 0 aromatic heterocycles. The van der Waals surface area contributed by atoms with Crippen LogP contribution in [0.15, 0.2) is 66.7 Å². The molecule has 1 heterocycles. The van der Waals surface area contributed by atoms with E-state index in [-0.39, 0.29) is 6.42 Å². The van der Waals surface area contributed by atoms with Gasteiger partial charge in [-0.2, -0.15) is 0 Å². The molecule has 140 valence electrons. The van der Waals surface area contributed by atoms with Crippen LogP contribution in [0.2, 0.25) is 0 Å². The Hall–Kier alpha value is -2.88. The van der Waals surface area contributed by atoms with Crippen LogP contribution in [-0.2, 0) is 25.5 Å². The molecule has 4 nitrogen and oxygen atoms in total. The van der Waals surface area contributed by atoms with E-state index < -0.39 is 29.1 Å². The van der Waals surface area contributed by atoms with Gasteiger partial charge in [-0.25, -0.2) is 0 Å². The number of esters is 2. The maximum atomic E-state index is 13.0. The molecule has 3 rings (SSSR count). The summed E-state index contributed by atoms with van der Waals surface area (Å²) in [6.45, 7) is 4.99. The van der Waals surface area contributed by atoms with Gasteiger partial charge in [0.05, 0.1) is 0 Å². The van der Waals surface area contributed by atoms with Gasteiger partial charge >= 0.3 is 11.9 Å². The quantitative estimate of drug-likeness (QED) is 0.583. The fraction of sp³-hybridized carbons (Fsp3) is 0.304. The van der Waals surface area contributed by atoms with E-state index in [9.17, 15) is 9.59 Å². The van der Waals surface area contributed by atoms with Gasteiger partial charge in [-0.15, -0.1) is 0 Å². The molecule has 1 aliphatic heterocycles. The van der Waals surface area contributed by atoms with Gasteiger partial charge in [0.15, 0.2) is 5.41 Å². The van der Waals surface area contributed by atoms with Crippen molar-refractivity contribution in [2.24, 2.45) is 11.3 Å². The second-order valence-electron chi connectivity index (χ2n) is 7.37. The van der Waals surface area contributed by atoms with E-state index in [2.05, 4.69) is 0 Å². The third-order valence-electron chi connectivity index (χ3n) is 4.89. The summed E-state index contributed by atoms with van der Waals surface area (Å²) in [5, 5.41) is 0. The molecule has 1 aliphatic rings. The van der Waals surface area contributed by atoms with Crippen LogP contribution in [-0.4, -0.2) is 17.7 Å². The predicted octanol–water partition coefficient (Wildman–Crippen LogP) is 4.40. The van der Waals surface area contributed by atoms with E-state index in [1.807, 2.05) is 79.7 Å². The molecular weight excluding hydrogens is 340 g/mol. The molecule has 1 atom stereocenters. The number of carbonyl (C=O) groups is 2. The number of allylic oxidation sites excluding steroid dienone is 1. The number of ether oxygens (including phenoxy) is 2. The Balaban J connectivity index is 1.98. The van der Waals surface area contributed by atoms with Crippen LogP contribution in [0, 0.1) is 11.3 Å². The van der Waals surface area contributed by atoms with Gasteiger partial charge < -0.3 is 9.47 Å². The fourth-order valence-electron chi connectivity index (χ4n) is 3.31. The van der Waals surface area contributed by atoms with Crippen LogP contribution in [0.1, 0.15) is 31.9 Å². The van der Waals surface area contributed by atoms with Crippen molar-refractivity contribution in [2.45, 2.75) is 33.0 Å². The Morgan fingerprint density at radius 1 is 0.889 bits per heavy atom. The summed E-state index contributed by atoms with van der Waals surface area (Å²) < 4.78 is 11.0. The number of carbonyl (C=O) groups excluding carboxylic acids is 2. The number of hydrogen-bond donors (Lipinski definition) is 0. The third kappa shape index (κ3) is 3.95. The van der Waals surface area contributed by atoms with Gasteiger partial charge in [-0.1, -0.05) is 79.7 Å². The average molecular weight is 364 g/mol. The molecule has 0 amide bonds. The van der Waals surface area contributed by atoms with Gasteiger partial charge in [0.1, 0.15) is 0 Å². The Morgan fingerprint density at radius 2 is 1.41 bits per heavy atom. The molecular formula is C23H24O4. The number of rotatable bonds is 5. The van der Waals surface area contributed by atoms with Crippen molar-refractivity contribution >= 4 is 18.0 Å². The zero-order chi connectivity index (χ0) is 19.5. The normalized spacial score (nSPS) is 19.4. The molecule has 0 bridgehead atoms. The van der Waals surface area contributed by atoms with Gasteiger partial charge in [0.25, 0.3) is 5.79 Å². The largest absolute Gasteiger partial charge is 0.422 e. The summed E-state index contributed by atoms with van der Waals surface area (Å²) in [5.41, 5.74) is 0.463. The third-order valence-corrected chi connectivity index (χ3v) is 4.89.